The van der Waals surface area contributed by atoms with Crippen molar-refractivity contribution in [3.05, 3.63) is 24.0 Å². The van der Waals surface area contributed by atoms with Crippen LogP contribution in [0.5, 0.6) is 0 Å². The predicted molar refractivity (Wildman–Crippen MR) is 82.7 cm³/mol. The SMILES string of the molecule is CC(C)OC(=O)Cn1c(C(=O)OC(C)C)cc2c1ccn2C. The number of carbonyl (C=O) groups excluding carboxylic acids is 2. The van der Waals surface area contributed by atoms with Crippen LogP contribution in [0.2, 0.25) is 0 Å². The van der Waals surface area contributed by atoms with E-state index in [9.17, 15) is 9.59 Å². The van der Waals surface area contributed by atoms with Crippen molar-refractivity contribution in [1.82, 2.24) is 9.13 Å². The van der Waals surface area contributed by atoms with Gasteiger partial charge in [-0.05, 0) is 39.8 Å². The summed E-state index contributed by atoms with van der Waals surface area (Å²) in [6.07, 6.45) is 1.47. The predicted octanol–water partition coefficient (Wildman–Crippen LogP) is 2.50. The molecule has 0 aliphatic rings. The molecule has 2 aromatic rings. The number of ether oxygens (including phenoxy) is 2. The van der Waals surface area contributed by atoms with Crippen LogP contribution in [-0.4, -0.2) is 33.3 Å². The van der Waals surface area contributed by atoms with Crippen LogP contribution in [0, 0.1) is 0 Å². The molecule has 0 radical (unpaired) electrons. The zero-order valence-corrected chi connectivity index (χ0v) is 13.6. The van der Waals surface area contributed by atoms with E-state index in [-0.39, 0.29) is 24.7 Å². The normalized spacial score (nSPS) is 11.4. The topological polar surface area (TPSA) is 62.5 Å². The number of esters is 2. The molecule has 0 aromatic carbocycles. The Labute approximate surface area is 129 Å². The summed E-state index contributed by atoms with van der Waals surface area (Å²) in [6.45, 7) is 7.14. The summed E-state index contributed by atoms with van der Waals surface area (Å²) in [4.78, 5) is 24.2. The van der Waals surface area contributed by atoms with Crippen molar-refractivity contribution < 1.29 is 19.1 Å². The first-order valence-electron chi connectivity index (χ1n) is 7.34. The Morgan fingerprint density at radius 1 is 1.09 bits per heavy atom. The van der Waals surface area contributed by atoms with Gasteiger partial charge in [-0.2, -0.15) is 0 Å². The second kappa shape index (κ2) is 6.25. The Kier molecular flexibility index (Phi) is 4.59. The van der Waals surface area contributed by atoms with Crippen LogP contribution in [0.3, 0.4) is 0 Å². The fourth-order valence-corrected chi connectivity index (χ4v) is 2.31. The van der Waals surface area contributed by atoms with Crippen LogP contribution in [0.25, 0.3) is 11.0 Å². The van der Waals surface area contributed by atoms with Crippen molar-refractivity contribution in [2.75, 3.05) is 0 Å². The van der Waals surface area contributed by atoms with Gasteiger partial charge in [0.25, 0.3) is 0 Å². The summed E-state index contributed by atoms with van der Waals surface area (Å²) in [7, 11) is 1.89. The average Bonchev–Trinajstić information content (AvgIpc) is 2.89. The van der Waals surface area contributed by atoms with E-state index in [1.807, 2.05) is 23.9 Å². The third kappa shape index (κ3) is 3.32. The maximum atomic E-state index is 12.3. The van der Waals surface area contributed by atoms with Gasteiger partial charge >= 0.3 is 11.9 Å². The lowest BCUT2D eigenvalue weighted by molar-refractivity contribution is -0.148. The molecule has 0 aliphatic heterocycles. The van der Waals surface area contributed by atoms with Crippen LogP contribution in [0.15, 0.2) is 18.3 Å². The smallest absolute Gasteiger partial charge is 0.355 e. The van der Waals surface area contributed by atoms with Gasteiger partial charge in [0, 0.05) is 13.2 Å². The summed E-state index contributed by atoms with van der Waals surface area (Å²) in [5, 5.41) is 0. The summed E-state index contributed by atoms with van der Waals surface area (Å²) in [5.74, 6) is -0.821. The molecular weight excluding hydrogens is 284 g/mol. The minimum Gasteiger partial charge on any atom is -0.462 e. The Hall–Kier alpha value is -2.24. The quantitative estimate of drug-likeness (QED) is 0.796. The second-order valence-corrected chi connectivity index (χ2v) is 5.81. The number of fused-ring (bicyclic) bond motifs is 1. The van der Waals surface area contributed by atoms with Gasteiger partial charge < -0.3 is 18.6 Å². The van der Waals surface area contributed by atoms with Crippen molar-refractivity contribution in [3.8, 4) is 0 Å². The van der Waals surface area contributed by atoms with E-state index in [1.54, 1.807) is 38.3 Å². The van der Waals surface area contributed by atoms with Gasteiger partial charge in [-0.15, -0.1) is 0 Å². The molecule has 6 nitrogen and oxygen atoms in total. The van der Waals surface area contributed by atoms with E-state index >= 15 is 0 Å². The minimum atomic E-state index is -0.441. The summed E-state index contributed by atoms with van der Waals surface area (Å²) in [5.41, 5.74) is 2.03. The van der Waals surface area contributed by atoms with Crippen molar-refractivity contribution in [2.45, 2.75) is 46.4 Å². The van der Waals surface area contributed by atoms with Gasteiger partial charge in [0.05, 0.1) is 23.2 Å². The fraction of sp³-hybridized carbons (Fsp3) is 0.500. The molecule has 2 heterocycles. The molecule has 0 bridgehead atoms. The van der Waals surface area contributed by atoms with E-state index in [0.717, 1.165) is 11.0 Å². The first kappa shape index (κ1) is 16.1. The lowest BCUT2D eigenvalue weighted by Crippen LogP contribution is -2.21. The molecule has 0 spiro atoms. The van der Waals surface area contributed by atoms with Gasteiger partial charge in [0.1, 0.15) is 12.2 Å². The van der Waals surface area contributed by atoms with Crippen LogP contribution in [-0.2, 0) is 27.9 Å². The second-order valence-electron chi connectivity index (χ2n) is 5.81. The minimum absolute atomic E-state index is 0.0196. The lowest BCUT2D eigenvalue weighted by atomic mass is 10.4. The molecule has 22 heavy (non-hydrogen) atoms. The zero-order valence-electron chi connectivity index (χ0n) is 13.6. The molecular formula is C16H22N2O4. The molecule has 0 fully saturated rings. The molecule has 2 aromatic heterocycles. The number of hydrogen-bond donors (Lipinski definition) is 0. The monoisotopic (exact) mass is 306 g/mol. The standard InChI is InChI=1S/C16H22N2O4/c1-10(2)21-15(19)9-18-12-6-7-17(5)13(12)8-14(18)16(20)22-11(3)4/h6-8,10-11H,9H2,1-5H3. The summed E-state index contributed by atoms with van der Waals surface area (Å²) < 4.78 is 14.0. The highest BCUT2D eigenvalue weighted by molar-refractivity contribution is 5.95. The molecule has 2 rings (SSSR count). The lowest BCUT2D eigenvalue weighted by Gasteiger charge is -2.13. The molecule has 0 saturated carbocycles. The van der Waals surface area contributed by atoms with Crippen molar-refractivity contribution in [1.29, 1.82) is 0 Å². The molecule has 120 valence electrons. The molecule has 0 N–H and O–H groups in total. The largest absolute Gasteiger partial charge is 0.462 e. The number of rotatable bonds is 5. The first-order valence-corrected chi connectivity index (χ1v) is 7.34. The zero-order chi connectivity index (χ0) is 16.4. The van der Waals surface area contributed by atoms with Crippen LogP contribution < -0.4 is 0 Å². The van der Waals surface area contributed by atoms with Crippen molar-refractivity contribution in [3.63, 3.8) is 0 Å². The van der Waals surface area contributed by atoms with E-state index in [0.29, 0.717) is 5.69 Å². The summed E-state index contributed by atoms with van der Waals surface area (Å²) in [6, 6.07) is 3.60. The number of aryl methyl sites for hydroxylation is 1. The number of nitrogens with zero attached hydrogens (tertiary/aromatic N) is 2. The third-order valence-corrected chi connectivity index (χ3v) is 3.16. The highest BCUT2D eigenvalue weighted by atomic mass is 16.5. The highest BCUT2D eigenvalue weighted by Crippen LogP contribution is 2.22. The average molecular weight is 306 g/mol. The third-order valence-electron chi connectivity index (χ3n) is 3.16. The number of carbonyl (C=O) groups is 2. The van der Waals surface area contributed by atoms with Gasteiger partial charge in [-0.1, -0.05) is 0 Å². The Bertz CT molecular complexity index is 694. The molecule has 0 amide bonds. The molecule has 0 aliphatic carbocycles. The van der Waals surface area contributed by atoms with E-state index in [1.165, 1.54) is 0 Å². The van der Waals surface area contributed by atoms with Crippen molar-refractivity contribution in [2.24, 2.45) is 7.05 Å². The Balaban J connectivity index is 2.40. The number of aromatic nitrogens is 2. The highest BCUT2D eigenvalue weighted by Gasteiger charge is 2.21. The Morgan fingerprint density at radius 2 is 1.73 bits per heavy atom. The first-order chi connectivity index (χ1) is 10.3. The van der Waals surface area contributed by atoms with Gasteiger partial charge in [-0.25, -0.2) is 4.79 Å². The maximum absolute atomic E-state index is 12.3. The van der Waals surface area contributed by atoms with Crippen LogP contribution >= 0.6 is 0 Å². The maximum Gasteiger partial charge on any atom is 0.355 e. The van der Waals surface area contributed by atoms with Gasteiger partial charge in [0.15, 0.2) is 0 Å². The van der Waals surface area contributed by atoms with E-state index < -0.39 is 5.97 Å². The van der Waals surface area contributed by atoms with Crippen LogP contribution in [0.4, 0.5) is 0 Å². The van der Waals surface area contributed by atoms with Crippen LogP contribution in [0.1, 0.15) is 38.2 Å². The van der Waals surface area contributed by atoms with E-state index in [4.69, 9.17) is 9.47 Å². The molecule has 0 saturated heterocycles. The summed E-state index contributed by atoms with van der Waals surface area (Å²) >= 11 is 0. The van der Waals surface area contributed by atoms with E-state index in [2.05, 4.69) is 0 Å². The Morgan fingerprint density at radius 3 is 2.32 bits per heavy atom. The fourth-order valence-electron chi connectivity index (χ4n) is 2.31. The molecule has 0 atom stereocenters. The van der Waals surface area contributed by atoms with Crippen molar-refractivity contribution >= 4 is 23.0 Å². The number of hydrogen-bond acceptors (Lipinski definition) is 4. The van der Waals surface area contributed by atoms with Gasteiger partial charge in [-0.3, -0.25) is 4.79 Å². The van der Waals surface area contributed by atoms with Gasteiger partial charge in [0.2, 0.25) is 0 Å². The molecule has 6 heteroatoms. The molecule has 0 unspecified atom stereocenters.